The van der Waals surface area contributed by atoms with Gasteiger partial charge in [-0.05, 0) is 25.7 Å². The lowest BCUT2D eigenvalue weighted by atomic mass is 10.0. The van der Waals surface area contributed by atoms with Crippen LogP contribution in [0, 0.1) is 17.5 Å². The molecule has 1 heterocycles. The van der Waals surface area contributed by atoms with Gasteiger partial charge < -0.3 is 10.2 Å². The molecule has 3 rings (SSSR count). The Morgan fingerprint density at radius 3 is 2.58 bits per heavy atom. The molecule has 1 N–H and O–H groups in total. The van der Waals surface area contributed by atoms with Crippen LogP contribution in [0.1, 0.15) is 25.7 Å². The molecule has 2 nitrogen and oxygen atoms in total. The van der Waals surface area contributed by atoms with Crippen LogP contribution in [0.15, 0.2) is 12.1 Å². The van der Waals surface area contributed by atoms with Crippen LogP contribution in [-0.2, 0) is 0 Å². The molecule has 1 atom stereocenters. The Kier molecular flexibility index (Phi) is 3.39. The second-order valence-corrected chi connectivity index (χ2v) is 5.45. The lowest BCUT2D eigenvalue weighted by Gasteiger charge is -2.35. The summed E-state index contributed by atoms with van der Waals surface area (Å²) in [5, 5.41) is 3.49. The first-order chi connectivity index (χ1) is 9.13. The van der Waals surface area contributed by atoms with Crippen LogP contribution in [0.2, 0.25) is 0 Å². The summed E-state index contributed by atoms with van der Waals surface area (Å²) in [6.07, 6.45) is 4.33. The van der Waals surface area contributed by atoms with Gasteiger partial charge in [-0.2, -0.15) is 0 Å². The van der Waals surface area contributed by atoms with E-state index >= 15 is 0 Å². The Hall–Kier alpha value is -1.23. The SMILES string of the molecule is Fc1cc(F)c(F)c(N2CCCC(NC3CC3)C2)c1. The smallest absolute Gasteiger partial charge is 0.182 e. The van der Waals surface area contributed by atoms with E-state index in [9.17, 15) is 13.2 Å². The molecule has 1 saturated carbocycles. The van der Waals surface area contributed by atoms with E-state index in [4.69, 9.17) is 0 Å². The van der Waals surface area contributed by atoms with E-state index in [2.05, 4.69) is 5.32 Å². The van der Waals surface area contributed by atoms with Crippen LogP contribution in [-0.4, -0.2) is 25.2 Å². The summed E-state index contributed by atoms with van der Waals surface area (Å²) in [6.45, 7) is 1.25. The molecule has 0 amide bonds. The van der Waals surface area contributed by atoms with Crippen molar-refractivity contribution >= 4 is 5.69 Å². The van der Waals surface area contributed by atoms with Gasteiger partial charge in [0.05, 0.1) is 5.69 Å². The Bertz CT molecular complexity index is 474. The molecule has 0 bridgehead atoms. The van der Waals surface area contributed by atoms with E-state index < -0.39 is 17.5 Å². The van der Waals surface area contributed by atoms with Crippen molar-refractivity contribution < 1.29 is 13.2 Å². The van der Waals surface area contributed by atoms with E-state index in [1.807, 2.05) is 0 Å². The highest BCUT2D eigenvalue weighted by atomic mass is 19.2. The highest BCUT2D eigenvalue weighted by molar-refractivity contribution is 5.49. The highest BCUT2D eigenvalue weighted by Crippen LogP contribution is 2.27. The average Bonchev–Trinajstić information content (AvgIpc) is 3.18. The maximum Gasteiger partial charge on any atom is 0.182 e. The summed E-state index contributed by atoms with van der Waals surface area (Å²) in [5.74, 6) is -2.80. The van der Waals surface area contributed by atoms with Gasteiger partial charge in [0.25, 0.3) is 0 Å². The maximum atomic E-state index is 13.8. The van der Waals surface area contributed by atoms with Crippen molar-refractivity contribution in [3.63, 3.8) is 0 Å². The number of nitrogens with one attached hydrogen (secondary N) is 1. The zero-order valence-electron chi connectivity index (χ0n) is 10.6. The third-order valence-corrected chi connectivity index (χ3v) is 3.78. The van der Waals surface area contributed by atoms with Gasteiger partial charge in [0.2, 0.25) is 0 Å². The fraction of sp³-hybridized carbons (Fsp3) is 0.571. The molecule has 1 aliphatic heterocycles. The minimum atomic E-state index is -1.12. The van der Waals surface area contributed by atoms with Crippen molar-refractivity contribution in [3.05, 3.63) is 29.6 Å². The number of piperidine rings is 1. The fourth-order valence-electron chi connectivity index (χ4n) is 2.69. The molecule has 104 valence electrons. The predicted octanol–water partition coefficient (Wildman–Crippen LogP) is 2.82. The van der Waals surface area contributed by atoms with Gasteiger partial charge in [-0.3, -0.25) is 0 Å². The number of nitrogens with zero attached hydrogens (tertiary/aromatic N) is 1. The molecule has 5 heteroatoms. The summed E-state index contributed by atoms with van der Waals surface area (Å²) in [6, 6.07) is 2.53. The molecule has 2 aliphatic rings. The molecule has 0 spiro atoms. The molecule has 0 aromatic heterocycles. The topological polar surface area (TPSA) is 15.3 Å². The monoisotopic (exact) mass is 270 g/mol. The van der Waals surface area contributed by atoms with Crippen molar-refractivity contribution in [3.8, 4) is 0 Å². The highest BCUT2D eigenvalue weighted by Gasteiger charge is 2.29. The lowest BCUT2D eigenvalue weighted by molar-refractivity contribution is 0.413. The molecule has 19 heavy (non-hydrogen) atoms. The summed E-state index contributed by atoms with van der Waals surface area (Å²) in [4.78, 5) is 1.74. The van der Waals surface area contributed by atoms with E-state index in [0.717, 1.165) is 18.9 Å². The Labute approximate surface area is 110 Å². The lowest BCUT2D eigenvalue weighted by Crippen LogP contribution is -2.46. The molecule has 0 radical (unpaired) electrons. The van der Waals surface area contributed by atoms with Crippen LogP contribution in [0.5, 0.6) is 0 Å². The van der Waals surface area contributed by atoms with Crippen LogP contribution in [0.3, 0.4) is 0 Å². The number of benzene rings is 1. The fourth-order valence-corrected chi connectivity index (χ4v) is 2.69. The van der Waals surface area contributed by atoms with Crippen LogP contribution >= 0.6 is 0 Å². The zero-order valence-corrected chi connectivity index (χ0v) is 10.6. The van der Waals surface area contributed by atoms with Crippen molar-refractivity contribution in [2.45, 2.75) is 37.8 Å². The number of halogens is 3. The molecule has 2 fully saturated rings. The Balaban J connectivity index is 1.76. The van der Waals surface area contributed by atoms with E-state index in [0.29, 0.717) is 25.2 Å². The summed E-state index contributed by atoms with van der Waals surface area (Å²) < 4.78 is 40.3. The second-order valence-electron chi connectivity index (χ2n) is 5.45. The van der Waals surface area contributed by atoms with Gasteiger partial charge in [0.15, 0.2) is 11.6 Å². The quantitative estimate of drug-likeness (QED) is 0.850. The molecular weight excluding hydrogens is 253 g/mol. The normalized spacial score (nSPS) is 23.7. The Morgan fingerprint density at radius 2 is 1.84 bits per heavy atom. The van der Waals surface area contributed by atoms with Crippen LogP contribution in [0.25, 0.3) is 0 Å². The molecule has 1 aromatic carbocycles. The van der Waals surface area contributed by atoms with Crippen molar-refractivity contribution in [2.75, 3.05) is 18.0 Å². The number of rotatable bonds is 3. The summed E-state index contributed by atoms with van der Waals surface area (Å²) >= 11 is 0. The van der Waals surface area contributed by atoms with Crippen molar-refractivity contribution in [1.82, 2.24) is 5.32 Å². The first-order valence-electron chi connectivity index (χ1n) is 6.79. The van der Waals surface area contributed by atoms with Crippen molar-refractivity contribution in [2.24, 2.45) is 0 Å². The van der Waals surface area contributed by atoms with E-state index in [1.165, 1.54) is 12.8 Å². The second kappa shape index (κ2) is 5.04. The molecule has 1 aliphatic carbocycles. The first kappa shape index (κ1) is 12.8. The Morgan fingerprint density at radius 1 is 1.05 bits per heavy atom. The van der Waals surface area contributed by atoms with Crippen LogP contribution in [0.4, 0.5) is 18.9 Å². The van der Waals surface area contributed by atoms with E-state index in [1.54, 1.807) is 4.90 Å². The molecule has 1 unspecified atom stereocenters. The molecule has 1 aromatic rings. The van der Waals surface area contributed by atoms with Gasteiger partial charge in [-0.1, -0.05) is 0 Å². The third-order valence-electron chi connectivity index (χ3n) is 3.78. The number of anilines is 1. The maximum absolute atomic E-state index is 13.8. The predicted molar refractivity (Wildman–Crippen MR) is 67.7 cm³/mol. The minimum absolute atomic E-state index is 0.0415. The molecule has 1 saturated heterocycles. The zero-order chi connectivity index (χ0) is 13.4. The summed E-state index contributed by atoms with van der Waals surface area (Å²) in [5.41, 5.74) is 0.0415. The van der Waals surface area contributed by atoms with Gasteiger partial charge in [-0.15, -0.1) is 0 Å². The minimum Gasteiger partial charge on any atom is -0.367 e. The van der Waals surface area contributed by atoms with Crippen LogP contribution < -0.4 is 10.2 Å². The number of hydrogen-bond donors (Lipinski definition) is 1. The summed E-state index contributed by atoms with van der Waals surface area (Å²) in [7, 11) is 0. The van der Waals surface area contributed by atoms with Gasteiger partial charge in [0, 0.05) is 37.3 Å². The standard InChI is InChI=1S/C14H17F3N2/c15-9-6-12(16)14(17)13(7-9)19-5-1-2-11(8-19)18-10-3-4-10/h6-7,10-11,18H,1-5,8H2. The molecular formula is C14H17F3N2. The third kappa shape index (κ3) is 2.86. The van der Waals surface area contributed by atoms with E-state index in [-0.39, 0.29) is 11.7 Å². The average molecular weight is 270 g/mol. The largest absolute Gasteiger partial charge is 0.367 e. The van der Waals surface area contributed by atoms with Gasteiger partial charge in [-0.25, -0.2) is 13.2 Å². The van der Waals surface area contributed by atoms with Crippen molar-refractivity contribution in [1.29, 1.82) is 0 Å². The van der Waals surface area contributed by atoms with Gasteiger partial charge in [0.1, 0.15) is 5.82 Å². The first-order valence-corrected chi connectivity index (χ1v) is 6.79. The van der Waals surface area contributed by atoms with Gasteiger partial charge >= 0.3 is 0 Å². The number of hydrogen-bond acceptors (Lipinski definition) is 2.